The summed E-state index contributed by atoms with van der Waals surface area (Å²) in [6, 6.07) is 9.52. The number of amides is 1. The van der Waals surface area contributed by atoms with Gasteiger partial charge in [-0.2, -0.15) is 5.10 Å². The predicted octanol–water partition coefficient (Wildman–Crippen LogP) is 2.32. The van der Waals surface area contributed by atoms with Crippen LogP contribution in [-0.2, 0) is 21.4 Å². The molecule has 0 unspecified atom stereocenters. The number of sulfonamides is 1. The monoisotopic (exact) mass is 390 g/mol. The van der Waals surface area contributed by atoms with Crippen LogP contribution in [-0.4, -0.2) is 47.3 Å². The molecule has 27 heavy (non-hydrogen) atoms. The van der Waals surface area contributed by atoms with Crippen molar-refractivity contribution in [3.63, 3.8) is 0 Å². The molecule has 2 aromatic rings. The Kier molecular flexibility index (Phi) is 6.28. The van der Waals surface area contributed by atoms with Crippen LogP contribution in [0.1, 0.15) is 31.7 Å². The van der Waals surface area contributed by atoms with Gasteiger partial charge < -0.3 is 5.32 Å². The van der Waals surface area contributed by atoms with E-state index >= 15 is 0 Å². The lowest BCUT2D eigenvalue weighted by molar-refractivity contribution is -0.120. The maximum absolute atomic E-state index is 12.7. The van der Waals surface area contributed by atoms with Crippen molar-refractivity contribution in [2.24, 2.45) is 5.92 Å². The fourth-order valence-electron chi connectivity index (χ4n) is 3.37. The highest BCUT2D eigenvalue weighted by Crippen LogP contribution is 2.22. The first-order valence-electron chi connectivity index (χ1n) is 9.33. The molecule has 1 fully saturated rings. The molecule has 7 nitrogen and oxygen atoms in total. The van der Waals surface area contributed by atoms with Crippen molar-refractivity contribution in [1.29, 1.82) is 0 Å². The van der Waals surface area contributed by atoms with Gasteiger partial charge in [-0.1, -0.05) is 19.1 Å². The van der Waals surface area contributed by atoms with Gasteiger partial charge in [-0.05, 0) is 43.0 Å². The standard InChI is InChI=1S/C19H26N4O3S/c1-2-12-27(25,26)23-11-4-7-17(15-23)19(24)21-18-8-3-6-16(13-18)14-22-10-5-9-20-22/h3,5-6,8-10,13,17H,2,4,7,11-12,14-15H2,1H3,(H,21,24)/t17-/m1/s1. The third-order valence-corrected chi connectivity index (χ3v) is 6.75. The highest BCUT2D eigenvalue weighted by Gasteiger charge is 2.31. The molecule has 3 rings (SSSR count). The predicted molar refractivity (Wildman–Crippen MR) is 105 cm³/mol. The zero-order chi connectivity index (χ0) is 19.3. The zero-order valence-electron chi connectivity index (χ0n) is 15.5. The molecule has 2 heterocycles. The summed E-state index contributed by atoms with van der Waals surface area (Å²) in [4.78, 5) is 12.7. The lowest BCUT2D eigenvalue weighted by atomic mass is 9.98. The van der Waals surface area contributed by atoms with Gasteiger partial charge in [0.1, 0.15) is 0 Å². The molecule has 1 amide bonds. The minimum atomic E-state index is -3.26. The molecule has 1 aliphatic rings. The molecule has 1 aliphatic heterocycles. The van der Waals surface area contributed by atoms with Crippen molar-refractivity contribution in [1.82, 2.24) is 14.1 Å². The van der Waals surface area contributed by atoms with Crippen LogP contribution in [0, 0.1) is 5.92 Å². The van der Waals surface area contributed by atoms with Gasteiger partial charge in [-0.3, -0.25) is 9.48 Å². The number of anilines is 1. The first kappa shape index (κ1) is 19.6. The zero-order valence-corrected chi connectivity index (χ0v) is 16.4. The number of carbonyl (C=O) groups is 1. The third-order valence-electron chi connectivity index (χ3n) is 4.71. The number of benzene rings is 1. The molecule has 1 N–H and O–H groups in total. The molecule has 1 atom stereocenters. The second-order valence-corrected chi connectivity index (χ2v) is 8.99. The van der Waals surface area contributed by atoms with Crippen molar-refractivity contribution in [3.8, 4) is 0 Å². The van der Waals surface area contributed by atoms with Crippen molar-refractivity contribution in [2.45, 2.75) is 32.7 Å². The smallest absolute Gasteiger partial charge is 0.228 e. The van der Waals surface area contributed by atoms with Gasteiger partial charge in [0.15, 0.2) is 0 Å². The Morgan fingerprint density at radius 2 is 2.19 bits per heavy atom. The topological polar surface area (TPSA) is 84.3 Å². The molecule has 0 aliphatic carbocycles. The first-order chi connectivity index (χ1) is 13.0. The van der Waals surface area contributed by atoms with Crippen LogP contribution in [0.2, 0.25) is 0 Å². The van der Waals surface area contributed by atoms with E-state index in [1.165, 1.54) is 4.31 Å². The number of carbonyl (C=O) groups excluding carboxylic acids is 1. The van der Waals surface area contributed by atoms with E-state index in [-0.39, 0.29) is 24.1 Å². The largest absolute Gasteiger partial charge is 0.326 e. The molecule has 1 aromatic carbocycles. The van der Waals surface area contributed by atoms with Crippen LogP contribution in [0.4, 0.5) is 5.69 Å². The first-order valence-corrected chi connectivity index (χ1v) is 10.9. The van der Waals surface area contributed by atoms with E-state index in [4.69, 9.17) is 0 Å². The maximum atomic E-state index is 12.7. The van der Waals surface area contributed by atoms with Crippen LogP contribution >= 0.6 is 0 Å². The van der Waals surface area contributed by atoms with E-state index in [1.54, 1.807) is 6.20 Å². The summed E-state index contributed by atoms with van der Waals surface area (Å²) in [6.07, 6.45) is 5.61. The molecule has 0 bridgehead atoms. The summed E-state index contributed by atoms with van der Waals surface area (Å²) in [7, 11) is -3.26. The average Bonchev–Trinajstić information content (AvgIpc) is 3.15. The van der Waals surface area contributed by atoms with Gasteiger partial charge in [-0.15, -0.1) is 0 Å². The number of aromatic nitrogens is 2. The number of nitrogens with zero attached hydrogens (tertiary/aromatic N) is 3. The fraction of sp³-hybridized carbons (Fsp3) is 0.474. The Balaban J connectivity index is 1.63. The molecular formula is C19H26N4O3S. The molecule has 1 aromatic heterocycles. The Labute approximate surface area is 160 Å². The lowest BCUT2D eigenvalue weighted by Gasteiger charge is -2.31. The van der Waals surface area contributed by atoms with E-state index in [0.717, 1.165) is 11.3 Å². The number of rotatable bonds is 7. The quantitative estimate of drug-likeness (QED) is 0.786. The SMILES string of the molecule is CCCS(=O)(=O)N1CCC[C@@H](C(=O)Nc2cccc(Cn3cccn3)c2)C1. The van der Waals surface area contributed by atoms with Crippen LogP contribution in [0.3, 0.4) is 0 Å². The van der Waals surface area contributed by atoms with Crippen LogP contribution < -0.4 is 5.32 Å². The molecule has 0 radical (unpaired) electrons. The second kappa shape index (κ2) is 8.67. The summed E-state index contributed by atoms with van der Waals surface area (Å²) in [5.74, 6) is -0.306. The maximum Gasteiger partial charge on any atom is 0.228 e. The number of piperidine rings is 1. The molecule has 1 saturated heterocycles. The summed E-state index contributed by atoms with van der Waals surface area (Å²) >= 11 is 0. The van der Waals surface area contributed by atoms with Crippen molar-refractivity contribution in [3.05, 3.63) is 48.3 Å². The second-order valence-electron chi connectivity index (χ2n) is 6.91. The highest BCUT2D eigenvalue weighted by atomic mass is 32.2. The number of nitrogens with one attached hydrogen (secondary N) is 1. The van der Waals surface area contributed by atoms with Gasteiger partial charge in [0.2, 0.25) is 15.9 Å². The highest BCUT2D eigenvalue weighted by molar-refractivity contribution is 7.89. The minimum absolute atomic E-state index is 0.123. The number of hydrogen-bond acceptors (Lipinski definition) is 4. The molecular weight excluding hydrogens is 364 g/mol. The Hall–Kier alpha value is -2.19. The summed E-state index contributed by atoms with van der Waals surface area (Å²) in [5, 5.41) is 7.13. The molecule has 0 spiro atoms. The molecule has 0 saturated carbocycles. The number of hydrogen-bond donors (Lipinski definition) is 1. The van der Waals surface area contributed by atoms with Crippen LogP contribution in [0.15, 0.2) is 42.7 Å². The van der Waals surface area contributed by atoms with Gasteiger partial charge in [0.05, 0.1) is 18.2 Å². The normalized spacial score (nSPS) is 18.3. The Morgan fingerprint density at radius 3 is 2.93 bits per heavy atom. The summed E-state index contributed by atoms with van der Waals surface area (Å²) < 4.78 is 27.9. The summed E-state index contributed by atoms with van der Waals surface area (Å²) in [6.45, 7) is 3.25. The van der Waals surface area contributed by atoms with Crippen molar-refractivity contribution in [2.75, 3.05) is 24.2 Å². The molecule has 8 heteroatoms. The molecule has 146 valence electrons. The van der Waals surface area contributed by atoms with E-state index in [0.29, 0.717) is 32.4 Å². The van der Waals surface area contributed by atoms with Crippen LogP contribution in [0.5, 0.6) is 0 Å². The Morgan fingerprint density at radius 1 is 1.33 bits per heavy atom. The summed E-state index contributed by atoms with van der Waals surface area (Å²) in [5.41, 5.74) is 1.76. The van der Waals surface area contributed by atoms with E-state index in [1.807, 2.05) is 48.1 Å². The average molecular weight is 391 g/mol. The van der Waals surface area contributed by atoms with E-state index < -0.39 is 10.0 Å². The minimum Gasteiger partial charge on any atom is -0.326 e. The van der Waals surface area contributed by atoms with E-state index in [2.05, 4.69) is 10.4 Å². The van der Waals surface area contributed by atoms with Crippen LogP contribution in [0.25, 0.3) is 0 Å². The fourth-order valence-corrected chi connectivity index (χ4v) is 4.96. The van der Waals surface area contributed by atoms with E-state index in [9.17, 15) is 13.2 Å². The van der Waals surface area contributed by atoms with Crippen molar-refractivity contribution >= 4 is 21.6 Å². The Bertz CT molecular complexity index is 865. The van der Waals surface area contributed by atoms with Gasteiger partial charge in [0.25, 0.3) is 0 Å². The van der Waals surface area contributed by atoms with Gasteiger partial charge in [-0.25, -0.2) is 12.7 Å². The van der Waals surface area contributed by atoms with Crippen molar-refractivity contribution < 1.29 is 13.2 Å². The van der Waals surface area contributed by atoms with Gasteiger partial charge in [0, 0.05) is 31.2 Å². The van der Waals surface area contributed by atoms with Gasteiger partial charge >= 0.3 is 0 Å². The lowest BCUT2D eigenvalue weighted by Crippen LogP contribution is -2.44. The third kappa shape index (κ3) is 5.17.